The van der Waals surface area contributed by atoms with Crippen LogP contribution in [-0.2, 0) is 11.3 Å². The summed E-state index contributed by atoms with van der Waals surface area (Å²) in [5, 5.41) is 14.0. The highest BCUT2D eigenvalue weighted by molar-refractivity contribution is 5.48. The highest BCUT2D eigenvalue weighted by atomic mass is 16.6. The summed E-state index contributed by atoms with van der Waals surface area (Å²) in [6.45, 7) is 2.59. The summed E-state index contributed by atoms with van der Waals surface area (Å²) in [6.07, 6.45) is 0. The lowest BCUT2D eigenvalue weighted by Gasteiger charge is -2.16. The largest absolute Gasteiger partial charge is 0.380 e. The molecule has 0 amide bonds. The molecule has 1 N–H and O–H groups in total. The summed E-state index contributed by atoms with van der Waals surface area (Å²) in [5.74, 6) is 0. The fourth-order valence-corrected chi connectivity index (χ4v) is 2.14. The monoisotopic (exact) mass is 286 g/mol. The molecule has 0 fully saturated rings. The number of nitrogens with one attached hydrogen (secondary N) is 1. The van der Waals surface area contributed by atoms with Crippen LogP contribution in [0.25, 0.3) is 0 Å². The minimum absolute atomic E-state index is 0.0589. The van der Waals surface area contributed by atoms with Gasteiger partial charge in [0.1, 0.15) is 0 Å². The van der Waals surface area contributed by atoms with Crippen LogP contribution < -0.4 is 5.32 Å². The number of rotatable bonds is 6. The Hall–Kier alpha value is -2.40. The van der Waals surface area contributed by atoms with Crippen molar-refractivity contribution < 1.29 is 9.66 Å². The Balaban J connectivity index is 2.08. The fraction of sp³-hybridized carbons (Fsp3) is 0.250. The van der Waals surface area contributed by atoms with Gasteiger partial charge in [-0.05, 0) is 30.2 Å². The number of hydrogen-bond donors (Lipinski definition) is 1. The average molecular weight is 286 g/mol. The maximum absolute atomic E-state index is 10.7. The highest BCUT2D eigenvalue weighted by Crippen LogP contribution is 2.22. The van der Waals surface area contributed by atoms with Gasteiger partial charge in [0, 0.05) is 31.0 Å². The van der Waals surface area contributed by atoms with Crippen molar-refractivity contribution in [2.24, 2.45) is 0 Å². The summed E-state index contributed by atoms with van der Waals surface area (Å²) in [5.41, 5.74) is 3.19. The number of nitro benzene ring substituents is 1. The summed E-state index contributed by atoms with van der Waals surface area (Å²) >= 11 is 0. The van der Waals surface area contributed by atoms with Crippen molar-refractivity contribution in [3.05, 3.63) is 69.8 Å². The number of methoxy groups -OCH3 is 1. The minimum Gasteiger partial charge on any atom is -0.380 e. The predicted molar refractivity (Wildman–Crippen MR) is 82.3 cm³/mol. The molecule has 1 unspecified atom stereocenters. The molecule has 110 valence electrons. The predicted octanol–water partition coefficient (Wildman–Crippen LogP) is 3.91. The lowest BCUT2D eigenvalue weighted by Crippen LogP contribution is -2.07. The van der Waals surface area contributed by atoms with Gasteiger partial charge in [-0.1, -0.05) is 24.3 Å². The topological polar surface area (TPSA) is 64.4 Å². The number of nitro groups is 1. The van der Waals surface area contributed by atoms with Crippen LogP contribution in [0.4, 0.5) is 11.4 Å². The number of anilines is 1. The maximum Gasteiger partial charge on any atom is 0.269 e. The molecule has 5 nitrogen and oxygen atoms in total. The number of nitrogens with zero attached hydrogens (tertiary/aromatic N) is 1. The molecule has 0 saturated heterocycles. The smallest absolute Gasteiger partial charge is 0.269 e. The average Bonchev–Trinajstić information content (AvgIpc) is 2.48. The third-order valence-electron chi connectivity index (χ3n) is 3.23. The quantitative estimate of drug-likeness (QED) is 0.646. The van der Waals surface area contributed by atoms with Crippen LogP contribution in [0.2, 0.25) is 0 Å². The van der Waals surface area contributed by atoms with Crippen molar-refractivity contribution in [3.8, 4) is 0 Å². The van der Waals surface area contributed by atoms with E-state index in [4.69, 9.17) is 4.74 Å². The summed E-state index contributed by atoms with van der Waals surface area (Å²) in [4.78, 5) is 10.3. The zero-order chi connectivity index (χ0) is 15.2. The van der Waals surface area contributed by atoms with Gasteiger partial charge < -0.3 is 10.1 Å². The fourth-order valence-electron chi connectivity index (χ4n) is 2.14. The van der Waals surface area contributed by atoms with Crippen LogP contribution in [0.3, 0.4) is 0 Å². The third-order valence-corrected chi connectivity index (χ3v) is 3.23. The van der Waals surface area contributed by atoms with E-state index in [1.807, 2.05) is 31.2 Å². The van der Waals surface area contributed by atoms with Crippen molar-refractivity contribution in [1.82, 2.24) is 0 Å². The van der Waals surface area contributed by atoms with E-state index in [0.29, 0.717) is 6.61 Å². The van der Waals surface area contributed by atoms with Gasteiger partial charge in [-0.25, -0.2) is 0 Å². The van der Waals surface area contributed by atoms with Crippen LogP contribution in [0.1, 0.15) is 24.1 Å². The lowest BCUT2D eigenvalue weighted by atomic mass is 10.1. The zero-order valence-electron chi connectivity index (χ0n) is 12.1. The standard InChI is InChI=1S/C16H18N2O3/c1-12(14-6-8-16(9-7-14)18(19)20)17-15-5-3-4-13(10-15)11-21-2/h3-10,12,17H,11H2,1-2H3. The van der Waals surface area contributed by atoms with E-state index < -0.39 is 4.92 Å². The normalized spacial score (nSPS) is 11.9. The summed E-state index contributed by atoms with van der Waals surface area (Å²) in [7, 11) is 1.67. The van der Waals surface area contributed by atoms with Crippen LogP contribution >= 0.6 is 0 Å². The van der Waals surface area contributed by atoms with Crippen LogP contribution in [-0.4, -0.2) is 12.0 Å². The molecule has 1 atom stereocenters. The van der Waals surface area contributed by atoms with E-state index in [1.165, 1.54) is 12.1 Å². The first-order valence-corrected chi connectivity index (χ1v) is 6.69. The van der Waals surface area contributed by atoms with E-state index in [1.54, 1.807) is 19.2 Å². The molecule has 0 bridgehead atoms. The SMILES string of the molecule is COCc1cccc(NC(C)c2ccc([N+](=O)[O-])cc2)c1. The molecule has 2 aromatic rings. The van der Waals surface area contributed by atoms with Gasteiger partial charge in [0.2, 0.25) is 0 Å². The Bertz CT molecular complexity index is 611. The second-order valence-electron chi connectivity index (χ2n) is 4.85. The minimum atomic E-state index is -0.393. The summed E-state index contributed by atoms with van der Waals surface area (Å²) in [6, 6.07) is 14.6. The van der Waals surface area contributed by atoms with Gasteiger partial charge in [0.05, 0.1) is 11.5 Å². The van der Waals surface area contributed by atoms with Gasteiger partial charge in [0.15, 0.2) is 0 Å². The number of ether oxygens (including phenoxy) is 1. The molecule has 0 aliphatic rings. The molecule has 0 aliphatic heterocycles. The zero-order valence-corrected chi connectivity index (χ0v) is 12.1. The maximum atomic E-state index is 10.7. The van der Waals surface area contributed by atoms with Gasteiger partial charge >= 0.3 is 0 Å². The molecule has 5 heteroatoms. The molecule has 0 spiro atoms. The van der Waals surface area contributed by atoms with E-state index in [9.17, 15) is 10.1 Å². The first-order chi connectivity index (χ1) is 10.1. The van der Waals surface area contributed by atoms with Crippen LogP contribution in [0.5, 0.6) is 0 Å². The Kier molecular flexibility index (Phi) is 4.90. The molecule has 21 heavy (non-hydrogen) atoms. The van der Waals surface area contributed by atoms with Crippen molar-refractivity contribution in [2.75, 3.05) is 12.4 Å². The molecule has 2 aromatic carbocycles. The van der Waals surface area contributed by atoms with Crippen molar-refractivity contribution in [3.63, 3.8) is 0 Å². The molecule has 0 radical (unpaired) electrons. The van der Waals surface area contributed by atoms with Gasteiger partial charge in [-0.3, -0.25) is 10.1 Å². The van der Waals surface area contributed by atoms with Crippen molar-refractivity contribution in [2.45, 2.75) is 19.6 Å². The van der Waals surface area contributed by atoms with Crippen LogP contribution in [0.15, 0.2) is 48.5 Å². The highest BCUT2D eigenvalue weighted by Gasteiger charge is 2.09. The number of benzene rings is 2. The molecular weight excluding hydrogens is 268 g/mol. The van der Waals surface area contributed by atoms with E-state index in [-0.39, 0.29) is 11.7 Å². The molecule has 0 aliphatic carbocycles. The molecule has 0 heterocycles. The van der Waals surface area contributed by atoms with E-state index >= 15 is 0 Å². The van der Waals surface area contributed by atoms with Gasteiger partial charge in [-0.2, -0.15) is 0 Å². The second-order valence-corrected chi connectivity index (χ2v) is 4.85. The van der Waals surface area contributed by atoms with Crippen molar-refractivity contribution >= 4 is 11.4 Å². The lowest BCUT2D eigenvalue weighted by molar-refractivity contribution is -0.384. The molecule has 2 rings (SSSR count). The van der Waals surface area contributed by atoms with Gasteiger partial charge in [0.25, 0.3) is 5.69 Å². The number of hydrogen-bond acceptors (Lipinski definition) is 4. The Morgan fingerprint density at radius 2 is 1.95 bits per heavy atom. The van der Waals surface area contributed by atoms with E-state index in [2.05, 4.69) is 5.32 Å². The summed E-state index contributed by atoms with van der Waals surface area (Å²) < 4.78 is 5.12. The first kappa shape index (κ1) is 15.0. The second kappa shape index (κ2) is 6.85. The molecule has 0 saturated carbocycles. The van der Waals surface area contributed by atoms with E-state index in [0.717, 1.165) is 16.8 Å². The Morgan fingerprint density at radius 3 is 2.57 bits per heavy atom. The third kappa shape index (κ3) is 4.03. The first-order valence-electron chi connectivity index (χ1n) is 6.69. The number of non-ortho nitro benzene ring substituents is 1. The molecule has 0 aromatic heterocycles. The Morgan fingerprint density at radius 1 is 1.24 bits per heavy atom. The van der Waals surface area contributed by atoms with Crippen LogP contribution in [0, 0.1) is 10.1 Å². The Labute approximate surface area is 123 Å². The van der Waals surface area contributed by atoms with Crippen molar-refractivity contribution in [1.29, 1.82) is 0 Å². The molecular formula is C16H18N2O3. The van der Waals surface area contributed by atoms with Gasteiger partial charge in [-0.15, -0.1) is 0 Å².